The Morgan fingerprint density at radius 1 is 1.19 bits per heavy atom. The van der Waals surface area contributed by atoms with Crippen molar-refractivity contribution in [1.29, 1.82) is 0 Å². The lowest BCUT2D eigenvalue weighted by Gasteiger charge is -2.39. The van der Waals surface area contributed by atoms with Crippen LogP contribution in [0.1, 0.15) is 30.0 Å². The van der Waals surface area contributed by atoms with Gasteiger partial charge in [-0.3, -0.25) is 9.89 Å². The van der Waals surface area contributed by atoms with E-state index in [1.54, 1.807) is 7.11 Å². The van der Waals surface area contributed by atoms with Crippen molar-refractivity contribution < 1.29 is 4.74 Å². The Kier molecular flexibility index (Phi) is 6.35. The molecule has 5 heteroatoms. The van der Waals surface area contributed by atoms with Gasteiger partial charge in [-0.25, -0.2) is 0 Å². The molecule has 2 aromatic carbocycles. The first-order chi connectivity index (χ1) is 13.1. The number of nitrogens with one attached hydrogen (secondary N) is 1. The number of nitrogens with two attached hydrogens (primary N) is 1. The van der Waals surface area contributed by atoms with Crippen LogP contribution in [0.5, 0.6) is 5.75 Å². The van der Waals surface area contributed by atoms with Crippen molar-refractivity contribution in [3.05, 3.63) is 59.7 Å². The molecule has 0 spiro atoms. The van der Waals surface area contributed by atoms with Crippen molar-refractivity contribution in [2.45, 2.75) is 25.8 Å². The van der Waals surface area contributed by atoms with Crippen LogP contribution in [-0.4, -0.2) is 38.1 Å². The second-order valence-corrected chi connectivity index (χ2v) is 7.32. The van der Waals surface area contributed by atoms with Crippen LogP contribution in [0.3, 0.4) is 0 Å². The van der Waals surface area contributed by atoms with Crippen molar-refractivity contribution in [1.82, 2.24) is 4.90 Å². The molecule has 1 heterocycles. The predicted octanol–water partition coefficient (Wildman–Crippen LogP) is 3.81. The molecule has 0 aliphatic carbocycles. The molecule has 2 aromatic rings. The zero-order valence-corrected chi connectivity index (χ0v) is 16.5. The van der Waals surface area contributed by atoms with Gasteiger partial charge in [-0.05, 0) is 69.1 Å². The highest BCUT2D eigenvalue weighted by atomic mass is 16.5. The Bertz CT molecular complexity index is 755. The molecule has 3 rings (SSSR count). The lowest BCUT2D eigenvalue weighted by Crippen LogP contribution is -2.38. The van der Waals surface area contributed by atoms with Crippen molar-refractivity contribution >= 4 is 11.6 Å². The van der Waals surface area contributed by atoms with Crippen LogP contribution in [0.15, 0.2) is 53.5 Å². The van der Waals surface area contributed by atoms with Crippen molar-refractivity contribution in [2.24, 2.45) is 16.6 Å². The maximum atomic E-state index is 6.13. The highest BCUT2D eigenvalue weighted by molar-refractivity contribution is 5.92. The van der Waals surface area contributed by atoms with Gasteiger partial charge in [0, 0.05) is 18.3 Å². The summed E-state index contributed by atoms with van der Waals surface area (Å²) in [5.41, 5.74) is 9.63. The fraction of sp³-hybridized carbons (Fsp3) is 0.409. The van der Waals surface area contributed by atoms with Crippen LogP contribution >= 0.6 is 0 Å². The number of anilines is 1. The average Bonchev–Trinajstić information content (AvgIpc) is 2.68. The van der Waals surface area contributed by atoms with Gasteiger partial charge in [0.25, 0.3) is 0 Å². The van der Waals surface area contributed by atoms with E-state index >= 15 is 0 Å². The molecule has 3 N–H and O–H groups in total. The summed E-state index contributed by atoms with van der Waals surface area (Å²) in [6.07, 6.45) is 2.34. The van der Waals surface area contributed by atoms with Crippen molar-refractivity contribution in [2.75, 3.05) is 32.6 Å². The van der Waals surface area contributed by atoms with Gasteiger partial charge in [0.05, 0.1) is 7.11 Å². The summed E-state index contributed by atoms with van der Waals surface area (Å²) >= 11 is 0. The first-order valence-electron chi connectivity index (χ1n) is 9.54. The van der Waals surface area contributed by atoms with E-state index in [-0.39, 0.29) is 0 Å². The van der Waals surface area contributed by atoms with Gasteiger partial charge in [-0.15, -0.1) is 0 Å². The van der Waals surface area contributed by atoms with Gasteiger partial charge < -0.3 is 15.8 Å². The first kappa shape index (κ1) is 19.2. The Morgan fingerprint density at radius 3 is 2.56 bits per heavy atom. The number of hydrogen-bond donors (Lipinski definition) is 2. The summed E-state index contributed by atoms with van der Waals surface area (Å²) in [6, 6.07) is 16.9. The van der Waals surface area contributed by atoms with E-state index in [4.69, 9.17) is 10.5 Å². The van der Waals surface area contributed by atoms with E-state index in [9.17, 15) is 0 Å². The second kappa shape index (κ2) is 8.91. The van der Waals surface area contributed by atoms with Crippen molar-refractivity contribution in [3.8, 4) is 5.75 Å². The summed E-state index contributed by atoms with van der Waals surface area (Å²) in [5.74, 6) is 1.80. The molecule has 1 aliphatic rings. The number of aliphatic imine (C=N–C) groups is 1. The van der Waals surface area contributed by atoms with Gasteiger partial charge in [0.2, 0.25) is 0 Å². The third-order valence-corrected chi connectivity index (χ3v) is 5.28. The van der Waals surface area contributed by atoms with Gasteiger partial charge in [0.1, 0.15) is 5.75 Å². The van der Waals surface area contributed by atoms with Gasteiger partial charge in [0.15, 0.2) is 5.96 Å². The Hall–Kier alpha value is -2.53. The van der Waals surface area contributed by atoms with Crippen LogP contribution in [0.4, 0.5) is 5.69 Å². The molecule has 27 heavy (non-hydrogen) atoms. The van der Waals surface area contributed by atoms with Crippen LogP contribution < -0.4 is 15.8 Å². The number of hydrogen-bond acceptors (Lipinski definition) is 3. The van der Waals surface area contributed by atoms with Crippen LogP contribution in [-0.2, 0) is 0 Å². The third-order valence-electron chi connectivity index (χ3n) is 5.28. The zero-order valence-electron chi connectivity index (χ0n) is 16.5. The number of benzene rings is 2. The molecule has 144 valence electrons. The molecule has 0 radical (unpaired) electrons. The monoisotopic (exact) mass is 366 g/mol. The molecule has 2 atom stereocenters. The Labute approximate surface area is 162 Å². The molecule has 2 unspecified atom stereocenters. The van der Waals surface area contributed by atoms with E-state index in [1.165, 1.54) is 17.5 Å². The SMILES string of the molecule is COc1ccc(C2C(CN=C(N)Nc3ccc(C)cc3)CCCN2C)cc1. The molecule has 1 saturated heterocycles. The normalized spacial score (nSPS) is 21.1. The number of nitrogens with zero attached hydrogens (tertiary/aromatic N) is 2. The molecule has 0 aromatic heterocycles. The minimum absolute atomic E-state index is 0.348. The van der Waals surface area contributed by atoms with E-state index in [0.29, 0.717) is 24.5 Å². The molecular weight excluding hydrogens is 336 g/mol. The number of ether oxygens (including phenoxy) is 1. The third kappa shape index (κ3) is 5.01. The van der Waals surface area contributed by atoms with Crippen molar-refractivity contribution in [3.63, 3.8) is 0 Å². The zero-order chi connectivity index (χ0) is 19.2. The van der Waals surface area contributed by atoms with Gasteiger partial charge in [-0.2, -0.15) is 0 Å². The molecule has 1 aliphatic heterocycles. The average molecular weight is 367 g/mol. The van der Waals surface area contributed by atoms with E-state index < -0.39 is 0 Å². The standard InChI is InChI=1S/C22H30N4O/c1-16-6-10-19(11-7-16)25-22(23)24-15-18-5-4-14-26(2)21(18)17-8-12-20(27-3)13-9-17/h6-13,18,21H,4-5,14-15H2,1-3H3,(H3,23,24,25). The highest BCUT2D eigenvalue weighted by Gasteiger charge is 2.30. The molecular formula is C22H30N4O. The maximum absolute atomic E-state index is 6.13. The summed E-state index contributed by atoms with van der Waals surface area (Å²) in [7, 11) is 3.89. The van der Waals surface area contributed by atoms with E-state index in [1.807, 2.05) is 24.3 Å². The summed E-state index contributed by atoms with van der Waals surface area (Å²) in [5, 5.41) is 3.19. The predicted molar refractivity (Wildman–Crippen MR) is 112 cm³/mol. The number of methoxy groups -OCH3 is 1. The molecule has 0 saturated carbocycles. The van der Waals surface area contributed by atoms with Crippen LogP contribution in [0, 0.1) is 12.8 Å². The van der Waals surface area contributed by atoms with E-state index in [0.717, 1.165) is 24.4 Å². The molecule has 5 nitrogen and oxygen atoms in total. The second-order valence-electron chi connectivity index (χ2n) is 7.32. The largest absolute Gasteiger partial charge is 0.497 e. The van der Waals surface area contributed by atoms with Gasteiger partial charge in [-0.1, -0.05) is 29.8 Å². The quantitative estimate of drug-likeness (QED) is 0.624. The maximum Gasteiger partial charge on any atom is 0.193 e. The smallest absolute Gasteiger partial charge is 0.193 e. The number of rotatable bonds is 5. The highest BCUT2D eigenvalue weighted by Crippen LogP contribution is 2.35. The Balaban J connectivity index is 1.69. The number of likely N-dealkylation sites (tertiary alicyclic amines) is 1. The van der Waals surface area contributed by atoms with Crippen LogP contribution in [0.25, 0.3) is 0 Å². The Morgan fingerprint density at radius 2 is 1.89 bits per heavy atom. The van der Waals surface area contributed by atoms with Gasteiger partial charge >= 0.3 is 0 Å². The lowest BCUT2D eigenvalue weighted by molar-refractivity contribution is 0.125. The molecule has 0 amide bonds. The fourth-order valence-corrected chi connectivity index (χ4v) is 3.82. The molecule has 1 fully saturated rings. The number of aryl methyl sites for hydroxylation is 1. The first-order valence-corrected chi connectivity index (χ1v) is 9.54. The number of piperidine rings is 1. The summed E-state index contributed by atoms with van der Waals surface area (Å²) in [6.45, 7) is 3.89. The number of guanidine groups is 1. The summed E-state index contributed by atoms with van der Waals surface area (Å²) < 4.78 is 5.29. The molecule has 0 bridgehead atoms. The van der Waals surface area contributed by atoms with E-state index in [2.05, 4.69) is 53.4 Å². The summed E-state index contributed by atoms with van der Waals surface area (Å²) in [4.78, 5) is 7.07. The minimum atomic E-state index is 0.348. The topological polar surface area (TPSA) is 62.9 Å². The lowest BCUT2D eigenvalue weighted by atomic mass is 9.85. The van der Waals surface area contributed by atoms with Crippen LogP contribution in [0.2, 0.25) is 0 Å². The fourth-order valence-electron chi connectivity index (χ4n) is 3.82. The minimum Gasteiger partial charge on any atom is -0.497 e.